The summed E-state index contributed by atoms with van der Waals surface area (Å²) in [6, 6.07) is 0. The molecule has 108 valence electrons. The molecule has 4 heteroatoms. The molecule has 18 heavy (non-hydrogen) atoms. The number of hydrogen-bond acceptors (Lipinski definition) is 2. The van der Waals surface area contributed by atoms with E-state index in [2.05, 4.69) is 24.1 Å². The summed E-state index contributed by atoms with van der Waals surface area (Å²) in [6.45, 7) is 9.31. The number of hydrogen-bond donors (Lipinski definition) is 1. The van der Waals surface area contributed by atoms with Gasteiger partial charge in [-0.3, -0.25) is 0 Å². The van der Waals surface area contributed by atoms with Crippen LogP contribution >= 0.6 is 0 Å². The molecule has 0 aromatic rings. The third-order valence-electron chi connectivity index (χ3n) is 3.90. The van der Waals surface area contributed by atoms with Gasteiger partial charge in [-0.05, 0) is 57.9 Å². The summed E-state index contributed by atoms with van der Waals surface area (Å²) in [6.07, 6.45) is 2.91. The Bertz CT molecular complexity index is 218. The molecule has 0 radical (unpaired) electrons. The van der Waals surface area contributed by atoms with Gasteiger partial charge in [-0.1, -0.05) is 13.8 Å². The molecule has 0 aromatic heterocycles. The average Bonchev–Trinajstić information content (AvgIpc) is 2.32. The van der Waals surface area contributed by atoms with Crippen LogP contribution in [-0.2, 0) is 0 Å². The standard InChI is InChI=1S/C14H28F2N2/c1-3-18(4-2)10-6-9-17-12-13-7-5-8-14(15,16)11-13/h13,17H,3-12H2,1-2H3. The molecule has 0 spiro atoms. The highest BCUT2D eigenvalue weighted by molar-refractivity contribution is 4.79. The molecule has 1 aliphatic carbocycles. The second kappa shape index (κ2) is 8.05. The van der Waals surface area contributed by atoms with Crippen molar-refractivity contribution in [1.29, 1.82) is 0 Å². The van der Waals surface area contributed by atoms with Gasteiger partial charge in [0.15, 0.2) is 0 Å². The lowest BCUT2D eigenvalue weighted by Gasteiger charge is -2.29. The molecule has 0 aliphatic heterocycles. The molecule has 1 rings (SSSR count). The lowest BCUT2D eigenvalue weighted by Crippen LogP contribution is -2.34. The molecule has 1 unspecified atom stereocenters. The van der Waals surface area contributed by atoms with E-state index >= 15 is 0 Å². The van der Waals surface area contributed by atoms with E-state index in [-0.39, 0.29) is 18.8 Å². The molecule has 1 N–H and O–H groups in total. The number of rotatable bonds is 8. The van der Waals surface area contributed by atoms with Gasteiger partial charge in [0.2, 0.25) is 5.92 Å². The summed E-state index contributed by atoms with van der Waals surface area (Å²) in [7, 11) is 0. The summed E-state index contributed by atoms with van der Waals surface area (Å²) in [4.78, 5) is 2.39. The van der Waals surface area contributed by atoms with Crippen LogP contribution in [-0.4, -0.2) is 43.5 Å². The Morgan fingerprint density at radius 2 is 2.00 bits per heavy atom. The van der Waals surface area contributed by atoms with Crippen LogP contribution in [0.2, 0.25) is 0 Å². The molecule has 2 nitrogen and oxygen atoms in total. The highest BCUT2D eigenvalue weighted by Gasteiger charge is 2.35. The van der Waals surface area contributed by atoms with E-state index in [4.69, 9.17) is 0 Å². The topological polar surface area (TPSA) is 15.3 Å². The Labute approximate surface area is 110 Å². The van der Waals surface area contributed by atoms with Gasteiger partial charge < -0.3 is 10.2 Å². The third-order valence-corrected chi connectivity index (χ3v) is 3.90. The summed E-state index contributed by atoms with van der Waals surface area (Å²) in [5, 5.41) is 3.34. The maximum atomic E-state index is 13.2. The van der Waals surface area contributed by atoms with Gasteiger partial charge in [0.1, 0.15) is 0 Å². The summed E-state index contributed by atoms with van der Waals surface area (Å²) in [5.41, 5.74) is 0. The fraction of sp³-hybridized carbons (Fsp3) is 1.00. The predicted octanol–water partition coefficient (Wildman–Crippen LogP) is 3.13. The molecule has 0 amide bonds. The van der Waals surface area contributed by atoms with Crippen LogP contribution in [0.4, 0.5) is 8.78 Å². The van der Waals surface area contributed by atoms with Gasteiger partial charge in [-0.25, -0.2) is 8.78 Å². The van der Waals surface area contributed by atoms with Gasteiger partial charge in [-0.15, -0.1) is 0 Å². The number of halogens is 2. The van der Waals surface area contributed by atoms with Crippen LogP contribution in [0.25, 0.3) is 0 Å². The van der Waals surface area contributed by atoms with Crippen LogP contribution in [0, 0.1) is 5.92 Å². The van der Waals surface area contributed by atoms with Crippen LogP contribution < -0.4 is 5.32 Å². The van der Waals surface area contributed by atoms with Crippen LogP contribution in [0.3, 0.4) is 0 Å². The Balaban J connectivity index is 2.04. The number of nitrogens with one attached hydrogen (secondary N) is 1. The van der Waals surface area contributed by atoms with Crippen molar-refractivity contribution in [2.45, 2.75) is 51.9 Å². The summed E-state index contributed by atoms with van der Waals surface area (Å²) >= 11 is 0. The quantitative estimate of drug-likeness (QED) is 0.676. The van der Waals surface area contributed by atoms with E-state index in [9.17, 15) is 8.78 Å². The Morgan fingerprint density at radius 1 is 1.28 bits per heavy atom. The molecule has 1 fully saturated rings. The fourth-order valence-corrected chi connectivity index (χ4v) is 2.72. The highest BCUT2D eigenvalue weighted by atomic mass is 19.3. The van der Waals surface area contributed by atoms with Crippen molar-refractivity contribution in [3.63, 3.8) is 0 Å². The lowest BCUT2D eigenvalue weighted by molar-refractivity contribution is -0.0519. The molecule has 0 aromatic carbocycles. The molecule has 1 atom stereocenters. The molecule has 0 bridgehead atoms. The molecule has 0 heterocycles. The third kappa shape index (κ3) is 6.10. The van der Waals surface area contributed by atoms with E-state index in [1.807, 2.05) is 0 Å². The normalized spacial score (nSPS) is 23.5. The summed E-state index contributed by atoms with van der Waals surface area (Å²) in [5.74, 6) is -2.24. The van der Waals surface area contributed by atoms with E-state index < -0.39 is 5.92 Å². The molecule has 0 saturated heterocycles. The van der Waals surface area contributed by atoms with Crippen LogP contribution in [0.5, 0.6) is 0 Å². The van der Waals surface area contributed by atoms with Crippen molar-refractivity contribution >= 4 is 0 Å². The first-order valence-corrected chi connectivity index (χ1v) is 7.38. The minimum atomic E-state index is -2.41. The SMILES string of the molecule is CCN(CC)CCCNCC1CCCC(F)(F)C1. The van der Waals surface area contributed by atoms with E-state index in [1.54, 1.807) is 0 Å². The molecular formula is C14H28F2N2. The minimum absolute atomic E-state index is 0.0794. The molecule has 1 aliphatic rings. The van der Waals surface area contributed by atoms with Crippen molar-refractivity contribution in [2.24, 2.45) is 5.92 Å². The minimum Gasteiger partial charge on any atom is -0.316 e. The fourth-order valence-electron chi connectivity index (χ4n) is 2.72. The first-order chi connectivity index (χ1) is 8.57. The first kappa shape index (κ1) is 15.8. The Morgan fingerprint density at radius 3 is 2.61 bits per heavy atom. The van der Waals surface area contributed by atoms with Gasteiger partial charge in [-0.2, -0.15) is 0 Å². The molecular weight excluding hydrogens is 234 g/mol. The first-order valence-electron chi connectivity index (χ1n) is 7.38. The monoisotopic (exact) mass is 262 g/mol. The van der Waals surface area contributed by atoms with Crippen molar-refractivity contribution in [2.75, 3.05) is 32.7 Å². The van der Waals surface area contributed by atoms with Gasteiger partial charge in [0, 0.05) is 12.8 Å². The Hall–Kier alpha value is -0.220. The maximum Gasteiger partial charge on any atom is 0.248 e. The van der Waals surface area contributed by atoms with Crippen LogP contribution in [0.15, 0.2) is 0 Å². The smallest absolute Gasteiger partial charge is 0.248 e. The lowest BCUT2D eigenvalue weighted by atomic mass is 9.86. The predicted molar refractivity (Wildman–Crippen MR) is 72.2 cm³/mol. The van der Waals surface area contributed by atoms with Crippen molar-refractivity contribution in [3.8, 4) is 0 Å². The van der Waals surface area contributed by atoms with Crippen molar-refractivity contribution in [1.82, 2.24) is 10.2 Å². The van der Waals surface area contributed by atoms with E-state index in [1.165, 1.54) is 0 Å². The van der Waals surface area contributed by atoms with Crippen LogP contribution in [0.1, 0.15) is 46.0 Å². The molecule has 1 saturated carbocycles. The summed E-state index contributed by atoms with van der Waals surface area (Å²) < 4.78 is 26.4. The van der Waals surface area contributed by atoms with Crippen molar-refractivity contribution < 1.29 is 8.78 Å². The average molecular weight is 262 g/mol. The van der Waals surface area contributed by atoms with E-state index in [0.29, 0.717) is 6.42 Å². The highest BCUT2D eigenvalue weighted by Crippen LogP contribution is 2.36. The maximum absolute atomic E-state index is 13.2. The van der Waals surface area contributed by atoms with Gasteiger partial charge in [0.25, 0.3) is 0 Å². The zero-order valence-electron chi connectivity index (χ0n) is 11.9. The zero-order chi connectivity index (χ0) is 13.4. The number of nitrogens with zero attached hydrogens (tertiary/aromatic N) is 1. The van der Waals surface area contributed by atoms with Gasteiger partial charge in [0.05, 0.1) is 0 Å². The Kier molecular flexibility index (Phi) is 7.08. The van der Waals surface area contributed by atoms with Gasteiger partial charge >= 0.3 is 0 Å². The zero-order valence-corrected chi connectivity index (χ0v) is 11.9. The second-order valence-electron chi connectivity index (χ2n) is 5.40. The number of alkyl halides is 2. The largest absolute Gasteiger partial charge is 0.316 e. The second-order valence-corrected chi connectivity index (χ2v) is 5.40. The van der Waals surface area contributed by atoms with Crippen molar-refractivity contribution in [3.05, 3.63) is 0 Å². The van der Waals surface area contributed by atoms with E-state index in [0.717, 1.165) is 45.6 Å².